The summed E-state index contributed by atoms with van der Waals surface area (Å²) in [5, 5.41) is 16.4. The van der Waals surface area contributed by atoms with Gasteiger partial charge in [0.15, 0.2) is 0 Å². The molecule has 162 valence electrons. The number of rotatable bonds is 7. The molecule has 4 atom stereocenters. The van der Waals surface area contributed by atoms with Crippen molar-refractivity contribution < 1.29 is 28.8 Å². The number of hydrogen-bond donors (Lipinski definition) is 2. The molecule has 0 aromatic heterocycles. The van der Waals surface area contributed by atoms with Crippen LogP contribution in [0.15, 0.2) is 36.9 Å². The topological polar surface area (TPSA) is 137 Å². The highest BCUT2D eigenvalue weighted by Gasteiger charge is 2.61. The molecule has 3 rings (SSSR count). The number of benzene rings is 1. The molecular weight excluding hydrogens is 418 g/mol. The summed E-state index contributed by atoms with van der Waals surface area (Å²) in [6.45, 7) is 3.93. The molecule has 1 saturated heterocycles. The van der Waals surface area contributed by atoms with Gasteiger partial charge in [0.1, 0.15) is 11.6 Å². The zero-order valence-corrected chi connectivity index (χ0v) is 17.0. The third-order valence-corrected chi connectivity index (χ3v) is 5.19. The first-order valence-corrected chi connectivity index (χ1v) is 9.02. The predicted molar refractivity (Wildman–Crippen MR) is 107 cm³/mol. The van der Waals surface area contributed by atoms with Crippen LogP contribution in [0.25, 0.3) is 0 Å². The monoisotopic (exact) mass is 439 g/mol. The summed E-state index contributed by atoms with van der Waals surface area (Å²) < 4.78 is 10.2. The molecule has 0 spiro atoms. The van der Waals surface area contributed by atoms with Crippen LogP contribution in [0.3, 0.4) is 0 Å². The second-order valence-electron chi connectivity index (χ2n) is 7.03. The predicted octanol–water partition coefficient (Wildman–Crippen LogP) is 1.14. The number of carbonyl (C=O) groups excluding carboxylic acids is 3. The largest absolute Gasteiger partial charge is 0.467 e. The lowest BCUT2D eigenvalue weighted by Crippen LogP contribution is -2.51. The van der Waals surface area contributed by atoms with Gasteiger partial charge in [-0.05, 0) is 18.6 Å². The van der Waals surface area contributed by atoms with E-state index in [-0.39, 0.29) is 48.4 Å². The molecule has 0 radical (unpaired) electrons. The molecule has 2 aliphatic rings. The van der Waals surface area contributed by atoms with Crippen LogP contribution in [0, 0.1) is 16.0 Å². The number of non-ortho nitro benzene ring substituents is 1. The molecule has 11 heteroatoms. The Labute approximate surface area is 178 Å². The molecule has 10 nitrogen and oxygen atoms in total. The van der Waals surface area contributed by atoms with Crippen molar-refractivity contribution in [2.24, 2.45) is 5.92 Å². The molecule has 1 aliphatic carbocycles. The van der Waals surface area contributed by atoms with E-state index < -0.39 is 34.5 Å². The molecule has 1 aromatic carbocycles. The van der Waals surface area contributed by atoms with Gasteiger partial charge in [-0.15, -0.1) is 19.0 Å². The summed E-state index contributed by atoms with van der Waals surface area (Å²) in [7, 11) is 1.26. The minimum atomic E-state index is -1.08. The fourth-order valence-electron chi connectivity index (χ4n) is 3.42. The molecule has 0 bridgehead atoms. The van der Waals surface area contributed by atoms with Crippen molar-refractivity contribution in [3.8, 4) is 0 Å². The van der Waals surface area contributed by atoms with E-state index in [1.165, 1.54) is 31.4 Å². The van der Waals surface area contributed by atoms with E-state index in [4.69, 9.17) is 9.47 Å². The fourth-order valence-corrected chi connectivity index (χ4v) is 3.42. The van der Waals surface area contributed by atoms with Gasteiger partial charge in [-0.1, -0.05) is 6.08 Å². The van der Waals surface area contributed by atoms with E-state index in [1.807, 2.05) is 0 Å². The smallest absolute Gasteiger partial charge is 0.338 e. The van der Waals surface area contributed by atoms with Gasteiger partial charge < -0.3 is 20.1 Å². The second-order valence-corrected chi connectivity index (χ2v) is 7.03. The molecule has 1 heterocycles. The first-order chi connectivity index (χ1) is 13.8. The van der Waals surface area contributed by atoms with Gasteiger partial charge in [0, 0.05) is 31.0 Å². The normalized spacial score (nSPS) is 26.6. The highest BCUT2D eigenvalue weighted by molar-refractivity contribution is 5.94. The number of nitro benzene ring substituents is 1. The van der Waals surface area contributed by atoms with E-state index in [2.05, 4.69) is 17.2 Å². The van der Waals surface area contributed by atoms with Crippen molar-refractivity contribution in [2.45, 2.75) is 30.5 Å². The first kappa shape index (κ1) is 23.3. The lowest BCUT2D eigenvalue weighted by Gasteiger charge is -2.19. The highest BCUT2D eigenvalue weighted by Crippen LogP contribution is 2.45. The maximum absolute atomic E-state index is 12.6. The first-order valence-electron chi connectivity index (χ1n) is 9.02. The highest BCUT2D eigenvalue weighted by atomic mass is 35.5. The Morgan fingerprint density at radius 2 is 2.00 bits per heavy atom. The number of halogens is 1. The van der Waals surface area contributed by atoms with Crippen LogP contribution in [0.4, 0.5) is 5.69 Å². The molecule has 2 fully saturated rings. The third-order valence-electron chi connectivity index (χ3n) is 5.19. The third kappa shape index (κ3) is 4.60. The van der Waals surface area contributed by atoms with Crippen LogP contribution in [-0.4, -0.2) is 54.1 Å². The van der Waals surface area contributed by atoms with E-state index >= 15 is 0 Å². The van der Waals surface area contributed by atoms with Crippen molar-refractivity contribution in [1.82, 2.24) is 10.6 Å². The average molecular weight is 440 g/mol. The Morgan fingerprint density at radius 1 is 1.33 bits per heavy atom. The Bertz CT molecular complexity index is 860. The Balaban J connectivity index is 0.00000320. The van der Waals surface area contributed by atoms with Gasteiger partial charge in [-0.2, -0.15) is 0 Å². The van der Waals surface area contributed by atoms with Crippen LogP contribution < -0.4 is 10.6 Å². The number of hydrogen-bond acceptors (Lipinski definition) is 8. The van der Waals surface area contributed by atoms with E-state index in [0.29, 0.717) is 6.42 Å². The number of nitro groups is 1. The van der Waals surface area contributed by atoms with Gasteiger partial charge in [0.05, 0.1) is 23.6 Å². The van der Waals surface area contributed by atoms with Crippen molar-refractivity contribution in [3.05, 3.63) is 52.6 Å². The Kier molecular flexibility index (Phi) is 7.16. The van der Waals surface area contributed by atoms with E-state index in [0.717, 1.165) is 0 Å². The van der Waals surface area contributed by atoms with Gasteiger partial charge in [-0.3, -0.25) is 14.9 Å². The number of nitrogens with zero attached hydrogens (tertiary/aromatic N) is 1. The summed E-state index contributed by atoms with van der Waals surface area (Å²) in [5.41, 5.74) is -1.03. The molecule has 1 aliphatic heterocycles. The molecule has 2 N–H and O–H groups in total. The molecule has 1 saturated carbocycles. The van der Waals surface area contributed by atoms with Crippen LogP contribution in [0.1, 0.15) is 23.2 Å². The maximum Gasteiger partial charge on any atom is 0.338 e. The zero-order valence-electron chi connectivity index (χ0n) is 16.2. The summed E-state index contributed by atoms with van der Waals surface area (Å²) >= 11 is 0. The summed E-state index contributed by atoms with van der Waals surface area (Å²) in [6, 6.07) is 4.44. The van der Waals surface area contributed by atoms with Crippen LogP contribution in [0.5, 0.6) is 0 Å². The molecule has 30 heavy (non-hydrogen) atoms. The van der Waals surface area contributed by atoms with Crippen molar-refractivity contribution in [2.75, 3.05) is 13.7 Å². The minimum Gasteiger partial charge on any atom is -0.467 e. The van der Waals surface area contributed by atoms with Crippen molar-refractivity contribution in [1.29, 1.82) is 0 Å². The summed E-state index contributed by atoms with van der Waals surface area (Å²) in [6.07, 6.45) is 1.73. The molecule has 1 aromatic rings. The number of methoxy groups -OCH3 is 1. The zero-order chi connectivity index (χ0) is 21.2. The quantitative estimate of drug-likeness (QED) is 0.279. The average Bonchev–Trinajstić information content (AvgIpc) is 3.23. The van der Waals surface area contributed by atoms with Gasteiger partial charge >= 0.3 is 11.9 Å². The number of esters is 2. The number of ether oxygens (including phenoxy) is 2. The number of carbonyl (C=O) groups is 3. The summed E-state index contributed by atoms with van der Waals surface area (Å²) in [4.78, 5) is 46.9. The standard InChI is InChI=1S/C19H21N3O7.ClH/c1-3-12-9-19(12,18(25)28-2)21-16(23)15-8-14(10-20-15)29-17(24)11-4-6-13(7-5-11)22(26)27;/h3-7,12,14-15,20H,1,8-10H2,2H3,(H,21,23);1H/t12-,14+,15+,19-;/m1./s1. The SMILES string of the molecule is C=C[C@@H]1C[C@]1(NC(=O)[C@@H]1C[C@H](OC(=O)c2ccc([N+](=O)[O-])cc2)CN1)C(=O)OC.Cl. The fraction of sp³-hybridized carbons (Fsp3) is 0.421. The summed E-state index contributed by atoms with van der Waals surface area (Å²) in [5.74, 6) is -1.72. The van der Waals surface area contributed by atoms with Crippen molar-refractivity contribution in [3.63, 3.8) is 0 Å². The van der Waals surface area contributed by atoms with Crippen LogP contribution >= 0.6 is 12.4 Å². The lowest BCUT2D eigenvalue weighted by atomic mass is 10.1. The number of amides is 1. The van der Waals surface area contributed by atoms with Crippen molar-refractivity contribution >= 4 is 35.9 Å². The van der Waals surface area contributed by atoms with Gasteiger partial charge in [0.25, 0.3) is 5.69 Å². The molecule has 0 unspecified atom stereocenters. The van der Waals surface area contributed by atoms with Gasteiger partial charge in [-0.25, -0.2) is 9.59 Å². The Morgan fingerprint density at radius 3 is 2.53 bits per heavy atom. The second kappa shape index (κ2) is 9.23. The van der Waals surface area contributed by atoms with Crippen LogP contribution in [0.2, 0.25) is 0 Å². The van der Waals surface area contributed by atoms with Crippen LogP contribution in [-0.2, 0) is 19.1 Å². The lowest BCUT2D eigenvalue weighted by molar-refractivity contribution is -0.384. The van der Waals surface area contributed by atoms with E-state index in [1.54, 1.807) is 6.08 Å². The maximum atomic E-state index is 12.6. The minimum absolute atomic E-state index is 0. The van der Waals surface area contributed by atoms with E-state index in [9.17, 15) is 24.5 Å². The Hall–Kier alpha value is -2.98. The van der Waals surface area contributed by atoms with Gasteiger partial charge in [0.2, 0.25) is 5.91 Å². The molecule has 1 amide bonds. The number of nitrogens with one attached hydrogen (secondary N) is 2. The molecular formula is C19H22ClN3O7.